The fraction of sp³-hybridized carbons (Fsp3) is 0.417. The number of esters is 1. The lowest BCUT2D eigenvalue weighted by Crippen LogP contribution is -2.15. The summed E-state index contributed by atoms with van der Waals surface area (Å²) >= 11 is 0. The highest BCUT2D eigenvalue weighted by Gasteiger charge is 2.36. The first-order valence-electron chi connectivity index (χ1n) is 5.19. The summed E-state index contributed by atoms with van der Waals surface area (Å²) in [6.45, 7) is 1.35. The molecule has 0 aliphatic carbocycles. The maximum Gasteiger partial charge on any atom is 0.416 e. The van der Waals surface area contributed by atoms with Crippen LogP contribution in [0.3, 0.4) is 0 Å². The molecule has 0 amide bonds. The van der Waals surface area contributed by atoms with E-state index in [-0.39, 0.29) is 6.42 Å². The van der Waals surface area contributed by atoms with Gasteiger partial charge in [0.05, 0.1) is 19.1 Å². The van der Waals surface area contributed by atoms with E-state index in [1.54, 1.807) is 0 Å². The van der Waals surface area contributed by atoms with Gasteiger partial charge in [-0.1, -0.05) is 13.0 Å². The van der Waals surface area contributed by atoms with E-state index in [4.69, 9.17) is 0 Å². The minimum absolute atomic E-state index is 0.305. The molecule has 1 atom stereocenters. The van der Waals surface area contributed by atoms with Gasteiger partial charge >= 0.3 is 12.1 Å². The van der Waals surface area contributed by atoms with Crippen LogP contribution < -0.4 is 0 Å². The van der Waals surface area contributed by atoms with E-state index in [0.717, 1.165) is 25.3 Å². The molecule has 100 valence electrons. The van der Waals surface area contributed by atoms with Crippen LogP contribution >= 0.6 is 0 Å². The molecule has 1 rings (SSSR count). The van der Waals surface area contributed by atoms with E-state index in [9.17, 15) is 22.4 Å². The molecule has 6 heteroatoms. The van der Waals surface area contributed by atoms with Crippen LogP contribution in [0.25, 0.3) is 0 Å². The Morgan fingerprint density at radius 3 is 2.50 bits per heavy atom. The van der Waals surface area contributed by atoms with Gasteiger partial charge in [-0.15, -0.1) is 0 Å². The van der Waals surface area contributed by atoms with Crippen LogP contribution in [0.4, 0.5) is 17.6 Å². The van der Waals surface area contributed by atoms with Gasteiger partial charge in [-0.2, -0.15) is 13.2 Å². The van der Waals surface area contributed by atoms with E-state index < -0.39 is 35.0 Å². The molecule has 1 unspecified atom stereocenters. The number of ether oxygens (including phenoxy) is 1. The van der Waals surface area contributed by atoms with Crippen LogP contribution in [0.15, 0.2) is 18.2 Å². The van der Waals surface area contributed by atoms with Gasteiger partial charge in [-0.3, -0.25) is 4.79 Å². The molecule has 18 heavy (non-hydrogen) atoms. The van der Waals surface area contributed by atoms with Gasteiger partial charge in [0.15, 0.2) is 0 Å². The number of rotatable bonds is 3. The molecule has 0 radical (unpaired) electrons. The highest BCUT2D eigenvalue weighted by atomic mass is 19.4. The number of methoxy groups -OCH3 is 1. The summed E-state index contributed by atoms with van der Waals surface area (Å²) < 4.78 is 56.1. The maximum atomic E-state index is 13.5. The van der Waals surface area contributed by atoms with Crippen molar-refractivity contribution in [1.29, 1.82) is 0 Å². The highest BCUT2D eigenvalue weighted by Crippen LogP contribution is 2.37. The Bertz CT molecular complexity index is 440. The lowest BCUT2D eigenvalue weighted by atomic mass is 9.92. The molecule has 2 nitrogen and oxygen atoms in total. The molecule has 0 bridgehead atoms. The summed E-state index contributed by atoms with van der Waals surface area (Å²) in [6, 6.07) is 2.73. The van der Waals surface area contributed by atoms with Crippen molar-refractivity contribution >= 4 is 5.97 Å². The normalized spacial score (nSPS) is 13.2. The molecule has 0 spiro atoms. The molecular formula is C12H12F4O2. The van der Waals surface area contributed by atoms with E-state index >= 15 is 0 Å². The molecule has 1 aromatic rings. The molecule has 0 saturated carbocycles. The molecule has 0 N–H and O–H groups in total. The van der Waals surface area contributed by atoms with E-state index in [1.165, 1.54) is 6.92 Å². The zero-order chi connectivity index (χ0) is 13.9. The molecule has 0 fully saturated rings. The van der Waals surface area contributed by atoms with Crippen molar-refractivity contribution in [3.05, 3.63) is 35.1 Å². The summed E-state index contributed by atoms with van der Waals surface area (Å²) in [4.78, 5) is 11.0. The molecule has 0 saturated heterocycles. The smallest absolute Gasteiger partial charge is 0.416 e. The third-order valence-electron chi connectivity index (χ3n) is 2.55. The lowest BCUT2D eigenvalue weighted by Gasteiger charge is -2.18. The summed E-state index contributed by atoms with van der Waals surface area (Å²) in [6.07, 6.45) is -4.96. The summed E-state index contributed by atoms with van der Waals surface area (Å²) in [5.74, 6) is -2.56. The van der Waals surface area contributed by atoms with Crippen LogP contribution in [0.2, 0.25) is 0 Å². The SMILES string of the molecule is COC(=O)CC(C)c1c(F)cccc1C(F)(F)F. The minimum atomic E-state index is -4.65. The first kappa shape index (κ1) is 14.5. The topological polar surface area (TPSA) is 26.3 Å². The molecule has 0 aromatic heterocycles. The largest absolute Gasteiger partial charge is 0.469 e. The Morgan fingerprint density at radius 1 is 1.39 bits per heavy atom. The van der Waals surface area contributed by atoms with Crippen molar-refractivity contribution in [1.82, 2.24) is 0 Å². The highest BCUT2D eigenvalue weighted by molar-refractivity contribution is 5.70. The summed E-state index contributed by atoms with van der Waals surface area (Å²) in [5, 5.41) is 0. The minimum Gasteiger partial charge on any atom is -0.469 e. The first-order chi connectivity index (χ1) is 8.27. The van der Waals surface area contributed by atoms with Crippen molar-refractivity contribution in [2.45, 2.75) is 25.4 Å². The quantitative estimate of drug-likeness (QED) is 0.617. The standard InChI is InChI=1S/C12H12F4O2/c1-7(6-10(17)18-2)11-8(12(14,15)16)4-3-5-9(11)13/h3-5,7H,6H2,1-2H3. The molecular weight excluding hydrogens is 252 g/mol. The van der Waals surface area contributed by atoms with Gasteiger partial charge in [-0.05, 0) is 18.1 Å². The second kappa shape index (κ2) is 5.37. The number of hydrogen-bond donors (Lipinski definition) is 0. The monoisotopic (exact) mass is 264 g/mol. The number of carbonyl (C=O) groups excluding carboxylic acids is 1. The fourth-order valence-corrected chi connectivity index (χ4v) is 1.72. The average molecular weight is 264 g/mol. The van der Waals surface area contributed by atoms with Crippen molar-refractivity contribution in [3.63, 3.8) is 0 Å². The predicted octanol–water partition coefficient (Wildman–Crippen LogP) is 3.51. The predicted molar refractivity (Wildman–Crippen MR) is 56.5 cm³/mol. The Kier molecular flexibility index (Phi) is 4.32. The van der Waals surface area contributed by atoms with Crippen molar-refractivity contribution < 1.29 is 27.1 Å². The molecule has 0 heterocycles. The Balaban J connectivity index is 3.18. The van der Waals surface area contributed by atoms with Gasteiger partial charge in [0.1, 0.15) is 5.82 Å². The average Bonchev–Trinajstić information content (AvgIpc) is 2.27. The molecule has 0 aliphatic heterocycles. The zero-order valence-electron chi connectivity index (χ0n) is 9.84. The summed E-state index contributed by atoms with van der Waals surface area (Å²) in [7, 11) is 1.13. The lowest BCUT2D eigenvalue weighted by molar-refractivity contribution is -0.142. The third-order valence-corrected chi connectivity index (χ3v) is 2.55. The number of hydrogen-bond acceptors (Lipinski definition) is 2. The Hall–Kier alpha value is -1.59. The number of halogens is 4. The van der Waals surface area contributed by atoms with Gasteiger partial charge in [-0.25, -0.2) is 4.39 Å². The Labute approximate surface area is 102 Å². The van der Waals surface area contributed by atoms with Gasteiger partial charge in [0, 0.05) is 5.56 Å². The third kappa shape index (κ3) is 3.21. The second-order valence-electron chi connectivity index (χ2n) is 3.88. The number of carbonyl (C=O) groups is 1. The second-order valence-corrected chi connectivity index (χ2v) is 3.88. The van der Waals surface area contributed by atoms with Gasteiger partial charge < -0.3 is 4.74 Å². The molecule has 1 aromatic carbocycles. The molecule has 0 aliphatic rings. The van der Waals surface area contributed by atoms with Gasteiger partial charge in [0.2, 0.25) is 0 Å². The van der Waals surface area contributed by atoms with Gasteiger partial charge in [0.25, 0.3) is 0 Å². The number of benzene rings is 1. The van der Waals surface area contributed by atoms with Crippen molar-refractivity contribution in [2.24, 2.45) is 0 Å². The van der Waals surface area contributed by atoms with Crippen LogP contribution in [-0.2, 0) is 15.7 Å². The number of alkyl halides is 3. The van der Waals surface area contributed by atoms with E-state index in [1.807, 2.05) is 0 Å². The van der Waals surface area contributed by atoms with Crippen molar-refractivity contribution in [3.8, 4) is 0 Å². The fourth-order valence-electron chi connectivity index (χ4n) is 1.72. The van der Waals surface area contributed by atoms with Crippen LogP contribution in [-0.4, -0.2) is 13.1 Å². The van der Waals surface area contributed by atoms with E-state index in [0.29, 0.717) is 0 Å². The van der Waals surface area contributed by atoms with Crippen molar-refractivity contribution in [2.75, 3.05) is 7.11 Å². The maximum absolute atomic E-state index is 13.5. The van der Waals surface area contributed by atoms with Crippen LogP contribution in [0.5, 0.6) is 0 Å². The first-order valence-corrected chi connectivity index (χ1v) is 5.19. The van der Waals surface area contributed by atoms with Crippen LogP contribution in [0.1, 0.15) is 30.4 Å². The zero-order valence-corrected chi connectivity index (χ0v) is 9.84. The van der Waals surface area contributed by atoms with Crippen LogP contribution in [0, 0.1) is 5.82 Å². The van der Waals surface area contributed by atoms with E-state index in [2.05, 4.69) is 4.74 Å². The Morgan fingerprint density at radius 2 is 2.00 bits per heavy atom. The summed E-state index contributed by atoms with van der Waals surface area (Å²) in [5.41, 5.74) is -1.56.